The first-order valence-corrected chi connectivity index (χ1v) is 12.3. The maximum absolute atomic E-state index is 13.5. The fourth-order valence-corrected chi connectivity index (χ4v) is 5.60. The Hall–Kier alpha value is -2.90. The molecule has 164 valence electrons. The van der Waals surface area contributed by atoms with Gasteiger partial charge in [-0.15, -0.1) is 0 Å². The number of halogens is 2. The first kappa shape index (κ1) is 22.3. The molecule has 2 aromatic carbocycles. The summed E-state index contributed by atoms with van der Waals surface area (Å²) in [6.45, 7) is 3.96. The second-order valence-electron chi connectivity index (χ2n) is 7.41. The highest BCUT2D eigenvalue weighted by Crippen LogP contribution is 2.30. The SMILES string of the molecule is CCc1nc(CS(=O)(=O)c2ccccc2Cl)ccc1-c1cc(CC)c2nc(F)ncc2c1. The summed E-state index contributed by atoms with van der Waals surface area (Å²) in [5.74, 6) is -0.241. The Morgan fingerprint density at radius 3 is 2.50 bits per heavy atom. The van der Waals surface area contributed by atoms with Gasteiger partial charge in [-0.05, 0) is 54.3 Å². The zero-order valence-corrected chi connectivity index (χ0v) is 19.2. The first-order chi connectivity index (χ1) is 15.3. The van der Waals surface area contributed by atoms with Crippen LogP contribution in [0.3, 0.4) is 0 Å². The van der Waals surface area contributed by atoms with Crippen molar-refractivity contribution in [2.75, 3.05) is 0 Å². The lowest BCUT2D eigenvalue weighted by atomic mass is 9.97. The minimum absolute atomic E-state index is 0.0972. The maximum atomic E-state index is 13.5. The van der Waals surface area contributed by atoms with Crippen LogP contribution in [0.4, 0.5) is 4.39 Å². The zero-order valence-electron chi connectivity index (χ0n) is 17.6. The Labute approximate surface area is 191 Å². The van der Waals surface area contributed by atoms with E-state index in [4.69, 9.17) is 11.6 Å². The molecule has 0 aliphatic carbocycles. The molecule has 0 bridgehead atoms. The average molecular weight is 470 g/mol. The molecule has 2 heterocycles. The maximum Gasteiger partial charge on any atom is 0.309 e. The van der Waals surface area contributed by atoms with Crippen LogP contribution in [0.1, 0.15) is 30.8 Å². The molecule has 8 heteroatoms. The van der Waals surface area contributed by atoms with Gasteiger partial charge in [-0.3, -0.25) is 4.98 Å². The predicted molar refractivity (Wildman–Crippen MR) is 124 cm³/mol. The van der Waals surface area contributed by atoms with Crippen LogP contribution in [0.15, 0.2) is 59.6 Å². The number of hydrogen-bond donors (Lipinski definition) is 0. The van der Waals surface area contributed by atoms with E-state index in [0.29, 0.717) is 24.1 Å². The fraction of sp³-hybridized carbons (Fsp3) is 0.208. The molecule has 0 aliphatic heterocycles. The lowest BCUT2D eigenvalue weighted by molar-refractivity contribution is 0.544. The van der Waals surface area contributed by atoms with Crippen LogP contribution in [0.25, 0.3) is 22.0 Å². The third-order valence-electron chi connectivity index (χ3n) is 5.30. The van der Waals surface area contributed by atoms with Crippen molar-refractivity contribution in [1.82, 2.24) is 15.0 Å². The fourth-order valence-electron chi connectivity index (χ4n) is 3.75. The van der Waals surface area contributed by atoms with Crippen molar-refractivity contribution >= 4 is 32.3 Å². The van der Waals surface area contributed by atoms with E-state index in [1.54, 1.807) is 24.3 Å². The van der Waals surface area contributed by atoms with Gasteiger partial charge in [0.25, 0.3) is 0 Å². The molecule has 4 rings (SSSR count). The van der Waals surface area contributed by atoms with Crippen molar-refractivity contribution in [3.05, 3.63) is 82.8 Å². The topological polar surface area (TPSA) is 72.8 Å². The van der Waals surface area contributed by atoms with Crippen LogP contribution < -0.4 is 0 Å². The van der Waals surface area contributed by atoms with Crippen LogP contribution in [0.5, 0.6) is 0 Å². The Kier molecular flexibility index (Phi) is 6.22. The minimum Gasteiger partial charge on any atom is -0.256 e. The second kappa shape index (κ2) is 8.92. The van der Waals surface area contributed by atoms with Crippen molar-refractivity contribution < 1.29 is 12.8 Å². The van der Waals surface area contributed by atoms with Crippen molar-refractivity contribution in [2.24, 2.45) is 0 Å². The number of rotatable bonds is 6. The second-order valence-corrected chi connectivity index (χ2v) is 9.77. The van der Waals surface area contributed by atoms with E-state index in [2.05, 4.69) is 15.0 Å². The molecule has 0 saturated carbocycles. The van der Waals surface area contributed by atoms with Crippen LogP contribution in [-0.4, -0.2) is 23.4 Å². The van der Waals surface area contributed by atoms with E-state index in [1.165, 1.54) is 12.3 Å². The van der Waals surface area contributed by atoms with Gasteiger partial charge in [0.1, 0.15) is 0 Å². The van der Waals surface area contributed by atoms with E-state index < -0.39 is 15.9 Å². The predicted octanol–water partition coefficient (Wildman–Crippen LogP) is 5.58. The first-order valence-electron chi connectivity index (χ1n) is 10.2. The number of hydrogen-bond acceptors (Lipinski definition) is 5. The highest BCUT2D eigenvalue weighted by Gasteiger charge is 2.20. The Bertz CT molecular complexity index is 1420. The zero-order chi connectivity index (χ0) is 22.9. The largest absolute Gasteiger partial charge is 0.309 e. The monoisotopic (exact) mass is 469 g/mol. The van der Waals surface area contributed by atoms with E-state index >= 15 is 0 Å². The van der Waals surface area contributed by atoms with E-state index in [-0.39, 0.29) is 15.7 Å². The minimum atomic E-state index is -3.64. The summed E-state index contributed by atoms with van der Waals surface area (Å²) in [5, 5.41) is 0.940. The van der Waals surface area contributed by atoms with Crippen LogP contribution in [-0.2, 0) is 28.4 Å². The Balaban J connectivity index is 1.75. The number of pyridine rings is 1. The molecule has 32 heavy (non-hydrogen) atoms. The third kappa shape index (κ3) is 4.36. The number of sulfone groups is 1. The van der Waals surface area contributed by atoms with Gasteiger partial charge in [-0.25, -0.2) is 18.4 Å². The number of nitrogens with zero attached hydrogens (tertiary/aromatic N) is 3. The van der Waals surface area contributed by atoms with Gasteiger partial charge < -0.3 is 0 Å². The summed E-state index contributed by atoms with van der Waals surface area (Å²) < 4.78 is 39.3. The van der Waals surface area contributed by atoms with Gasteiger partial charge in [0.15, 0.2) is 9.84 Å². The molecule has 5 nitrogen and oxygen atoms in total. The van der Waals surface area contributed by atoms with Crippen molar-refractivity contribution in [3.8, 4) is 11.1 Å². The summed E-state index contributed by atoms with van der Waals surface area (Å²) in [5.41, 5.74) is 4.54. The number of benzene rings is 2. The van der Waals surface area contributed by atoms with Gasteiger partial charge in [0.2, 0.25) is 0 Å². The Morgan fingerprint density at radius 1 is 1.00 bits per heavy atom. The van der Waals surface area contributed by atoms with Gasteiger partial charge >= 0.3 is 6.08 Å². The lowest BCUT2D eigenvalue weighted by Crippen LogP contribution is -2.08. The van der Waals surface area contributed by atoms with E-state index in [1.807, 2.05) is 32.0 Å². The standard InChI is InChI=1S/C24H21ClFN3O2S/c1-3-15-11-16(12-17-13-27-24(26)29-23(15)17)19-10-9-18(28-21(19)4-2)14-32(30,31)22-8-6-5-7-20(22)25/h5-13H,3-4,14H2,1-2H3. The molecule has 0 aliphatic rings. The van der Waals surface area contributed by atoms with Crippen molar-refractivity contribution in [1.29, 1.82) is 0 Å². The molecule has 0 amide bonds. The molecule has 0 unspecified atom stereocenters. The third-order valence-corrected chi connectivity index (χ3v) is 7.44. The molecular weight excluding hydrogens is 449 g/mol. The molecule has 0 fully saturated rings. The smallest absolute Gasteiger partial charge is 0.256 e. The summed E-state index contributed by atoms with van der Waals surface area (Å²) >= 11 is 6.09. The van der Waals surface area contributed by atoms with Crippen LogP contribution >= 0.6 is 11.6 Å². The molecule has 0 N–H and O–H groups in total. The molecule has 2 aromatic heterocycles. The highest BCUT2D eigenvalue weighted by atomic mass is 35.5. The summed E-state index contributed by atoms with van der Waals surface area (Å²) in [6.07, 6.45) is 2.03. The summed E-state index contributed by atoms with van der Waals surface area (Å²) in [7, 11) is -3.64. The molecule has 0 spiro atoms. The van der Waals surface area contributed by atoms with Crippen LogP contribution in [0, 0.1) is 6.08 Å². The average Bonchev–Trinajstić information content (AvgIpc) is 2.78. The van der Waals surface area contributed by atoms with Crippen molar-refractivity contribution in [3.63, 3.8) is 0 Å². The summed E-state index contributed by atoms with van der Waals surface area (Å²) in [6, 6.07) is 13.9. The quantitative estimate of drug-likeness (QED) is 0.344. The van der Waals surface area contributed by atoms with Gasteiger partial charge in [-0.1, -0.05) is 43.6 Å². The number of aromatic nitrogens is 3. The van der Waals surface area contributed by atoms with Crippen LogP contribution in [0.2, 0.25) is 5.02 Å². The highest BCUT2D eigenvalue weighted by molar-refractivity contribution is 7.90. The van der Waals surface area contributed by atoms with E-state index in [0.717, 1.165) is 27.8 Å². The summed E-state index contributed by atoms with van der Waals surface area (Å²) in [4.78, 5) is 12.4. The molecule has 0 atom stereocenters. The van der Waals surface area contributed by atoms with Crippen molar-refractivity contribution in [2.45, 2.75) is 37.3 Å². The molecular formula is C24H21ClFN3O2S. The number of fused-ring (bicyclic) bond motifs is 1. The number of aryl methyl sites for hydroxylation is 2. The normalized spacial score (nSPS) is 11.8. The van der Waals surface area contributed by atoms with E-state index in [9.17, 15) is 12.8 Å². The molecule has 0 radical (unpaired) electrons. The molecule has 4 aromatic rings. The van der Waals surface area contributed by atoms with Gasteiger partial charge in [-0.2, -0.15) is 4.39 Å². The van der Waals surface area contributed by atoms with Gasteiger partial charge in [0, 0.05) is 22.8 Å². The molecule has 0 saturated heterocycles. The Morgan fingerprint density at radius 2 is 1.78 bits per heavy atom. The van der Waals surface area contributed by atoms with Gasteiger partial charge in [0.05, 0.1) is 26.9 Å². The lowest BCUT2D eigenvalue weighted by Gasteiger charge is -2.13.